The Bertz CT molecular complexity index is 259. The van der Waals surface area contributed by atoms with E-state index in [1.54, 1.807) is 51.4 Å². The van der Waals surface area contributed by atoms with Gasteiger partial charge in [0.2, 0.25) is 0 Å². The van der Waals surface area contributed by atoms with Crippen molar-refractivity contribution in [1.82, 2.24) is 0 Å². The van der Waals surface area contributed by atoms with E-state index in [-0.39, 0.29) is 0 Å². The summed E-state index contributed by atoms with van der Waals surface area (Å²) in [6.07, 6.45) is 19.7. The summed E-state index contributed by atoms with van der Waals surface area (Å²) in [4.78, 5) is 0. The highest BCUT2D eigenvalue weighted by Gasteiger charge is 2.30. The van der Waals surface area contributed by atoms with Gasteiger partial charge < -0.3 is 0 Å². The van der Waals surface area contributed by atoms with Gasteiger partial charge in [-0.1, -0.05) is 75.0 Å². The van der Waals surface area contributed by atoms with Crippen LogP contribution in [0.5, 0.6) is 0 Å². The van der Waals surface area contributed by atoms with Gasteiger partial charge in [0.25, 0.3) is 0 Å². The zero-order valence-electron chi connectivity index (χ0n) is 14.5. The van der Waals surface area contributed by atoms with Gasteiger partial charge in [0.05, 0.1) is 0 Å². The highest BCUT2D eigenvalue weighted by molar-refractivity contribution is 14.1. The van der Waals surface area contributed by atoms with Crippen LogP contribution in [0.25, 0.3) is 0 Å². The molecule has 2 aliphatic carbocycles. The first kappa shape index (κ1) is 18.1. The fraction of sp³-hybridized carbons (Fsp3) is 1.00. The molecule has 0 nitrogen and oxygen atoms in total. The molecule has 2 fully saturated rings. The summed E-state index contributed by atoms with van der Waals surface area (Å²) in [6.45, 7) is 4.69. The van der Waals surface area contributed by atoms with E-state index < -0.39 is 0 Å². The average Bonchev–Trinajstić information content (AvgIpc) is 2.54. The van der Waals surface area contributed by atoms with Crippen molar-refractivity contribution < 1.29 is 0 Å². The van der Waals surface area contributed by atoms with Crippen LogP contribution in [0, 0.1) is 23.7 Å². The average molecular weight is 404 g/mol. The molecule has 124 valence electrons. The number of hydrogen-bond acceptors (Lipinski definition) is 0. The quantitative estimate of drug-likeness (QED) is 0.306. The Morgan fingerprint density at radius 3 is 1.67 bits per heavy atom. The summed E-state index contributed by atoms with van der Waals surface area (Å²) in [5.41, 5.74) is 0. The van der Waals surface area contributed by atoms with Crippen LogP contribution in [-0.4, -0.2) is 3.92 Å². The molecule has 0 heterocycles. The minimum absolute atomic E-state index is 0.925. The second kappa shape index (κ2) is 9.78. The Morgan fingerprint density at radius 1 is 0.762 bits per heavy atom. The third-order valence-corrected chi connectivity index (χ3v) is 7.98. The van der Waals surface area contributed by atoms with E-state index in [2.05, 4.69) is 36.4 Å². The van der Waals surface area contributed by atoms with Crippen molar-refractivity contribution >= 4 is 22.6 Å². The second-order valence-electron chi connectivity index (χ2n) is 7.93. The number of alkyl halides is 1. The van der Waals surface area contributed by atoms with E-state index in [4.69, 9.17) is 0 Å². The maximum Gasteiger partial charge on any atom is 0.0107 e. The summed E-state index contributed by atoms with van der Waals surface area (Å²) in [7, 11) is 0. The maximum atomic E-state index is 2.65. The first-order valence-corrected chi connectivity index (χ1v) is 11.1. The van der Waals surface area contributed by atoms with E-state index in [9.17, 15) is 0 Å². The monoisotopic (exact) mass is 404 g/mol. The molecule has 0 spiro atoms. The predicted octanol–water partition coefficient (Wildman–Crippen LogP) is 7.39. The second-order valence-corrected chi connectivity index (χ2v) is 9.69. The van der Waals surface area contributed by atoms with Crippen LogP contribution in [0.4, 0.5) is 0 Å². The summed E-state index contributed by atoms with van der Waals surface area (Å²) in [5.74, 6) is 4.36. The zero-order chi connectivity index (χ0) is 15.1. The van der Waals surface area contributed by atoms with Crippen LogP contribution in [0.15, 0.2) is 0 Å². The fourth-order valence-electron chi connectivity index (χ4n) is 4.93. The van der Waals surface area contributed by atoms with Crippen LogP contribution >= 0.6 is 22.6 Å². The van der Waals surface area contributed by atoms with Gasteiger partial charge in [-0.15, -0.1) is 0 Å². The molecular weight excluding hydrogens is 367 g/mol. The molecular formula is C20H37I. The fourth-order valence-corrected chi connectivity index (χ4v) is 5.29. The van der Waals surface area contributed by atoms with Crippen LogP contribution in [0.2, 0.25) is 0 Å². The standard InChI is InChI=1S/C20H37I/c1-3-5-16-6-11-18(12-7-16)19-13-8-17(9-14-19)10-15-20(21)4-2/h16-20H,3-15H2,1-2H3/t16-,17-,18-,19-,20?. The highest BCUT2D eigenvalue weighted by Crippen LogP contribution is 2.43. The van der Waals surface area contributed by atoms with Gasteiger partial charge in [0, 0.05) is 3.92 Å². The number of hydrogen-bond donors (Lipinski definition) is 0. The first-order valence-electron chi connectivity index (χ1n) is 9.86. The van der Waals surface area contributed by atoms with Crippen molar-refractivity contribution in [1.29, 1.82) is 0 Å². The lowest BCUT2D eigenvalue weighted by Gasteiger charge is -2.38. The first-order chi connectivity index (χ1) is 10.2. The molecule has 0 radical (unpaired) electrons. The Kier molecular flexibility index (Phi) is 8.41. The van der Waals surface area contributed by atoms with Crippen LogP contribution in [0.1, 0.15) is 97.3 Å². The molecule has 21 heavy (non-hydrogen) atoms. The molecule has 1 heteroatoms. The van der Waals surface area contributed by atoms with Crippen molar-refractivity contribution in [2.45, 2.75) is 101 Å². The minimum atomic E-state index is 0.925. The molecule has 0 aromatic carbocycles. The molecule has 1 unspecified atom stereocenters. The summed E-state index contributed by atoms with van der Waals surface area (Å²) in [5, 5.41) is 0. The lowest BCUT2D eigenvalue weighted by molar-refractivity contribution is 0.140. The third kappa shape index (κ3) is 6.03. The lowest BCUT2D eigenvalue weighted by Crippen LogP contribution is -2.26. The lowest BCUT2D eigenvalue weighted by atomic mass is 9.68. The van der Waals surface area contributed by atoms with Crippen LogP contribution < -0.4 is 0 Å². The van der Waals surface area contributed by atoms with Crippen LogP contribution in [0.3, 0.4) is 0 Å². The zero-order valence-corrected chi connectivity index (χ0v) is 16.6. The van der Waals surface area contributed by atoms with E-state index in [1.165, 1.54) is 32.1 Å². The SMILES string of the molecule is CCC[C@H]1CC[C@H]([C@H]2CC[C@H](CCC(I)CC)CC2)CC1. The Hall–Kier alpha value is 0.730. The molecule has 0 saturated heterocycles. The Morgan fingerprint density at radius 2 is 1.24 bits per heavy atom. The number of rotatable bonds is 7. The van der Waals surface area contributed by atoms with E-state index in [1.807, 2.05) is 0 Å². The van der Waals surface area contributed by atoms with Crippen molar-refractivity contribution in [3.05, 3.63) is 0 Å². The van der Waals surface area contributed by atoms with E-state index in [0.717, 1.165) is 27.6 Å². The van der Waals surface area contributed by atoms with Crippen LogP contribution in [-0.2, 0) is 0 Å². The topological polar surface area (TPSA) is 0 Å². The normalized spacial score (nSPS) is 35.6. The van der Waals surface area contributed by atoms with E-state index >= 15 is 0 Å². The summed E-state index contributed by atoms with van der Waals surface area (Å²) in [6, 6.07) is 0. The molecule has 2 aliphatic rings. The van der Waals surface area contributed by atoms with E-state index in [0.29, 0.717) is 0 Å². The third-order valence-electron chi connectivity index (χ3n) is 6.48. The molecule has 0 N–H and O–H groups in total. The minimum Gasteiger partial charge on any atom is -0.0826 e. The van der Waals surface area contributed by atoms with Gasteiger partial charge in [0.1, 0.15) is 0 Å². The highest BCUT2D eigenvalue weighted by atomic mass is 127. The van der Waals surface area contributed by atoms with Gasteiger partial charge in [-0.2, -0.15) is 0 Å². The molecule has 0 aliphatic heterocycles. The molecule has 2 saturated carbocycles. The molecule has 2 rings (SSSR count). The molecule has 0 amide bonds. The smallest absolute Gasteiger partial charge is 0.0107 e. The van der Waals surface area contributed by atoms with Crippen molar-refractivity contribution in [3.63, 3.8) is 0 Å². The van der Waals surface area contributed by atoms with Gasteiger partial charge in [-0.05, 0) is 68.6 Å². The molecule has 0 bridgehead atoms. The largest absolute Gasteiger partial charge is 0.0826 e. The molecule has 0 aromatic rings. The summed E-state index contributed by atoms with van der Waals surface area (Å²) < 4.78 is 0.925. The van der Waals surface area contributed by atoms with Gasteiger partial charge in [0.15, 0.2) is 0 Å². The Balaban J connectivity index is 1.63. The Labute approximate surface area is 147 Å². The molecule has 0 aromatic heterocycles. The predicted molar refractivity (Wildman–Crippen MR) is 103 cm³/mol. The van der Waals surface area contributed by atoms with Crippen molar-refractivity contribution in [3.8, 4) is 0 Å². The van der Waals surface area contributed by atoms with Crippen molar-refractivity contribution in [2.24, 2.45) is 23.7 Å². The van der Waals surface area contributed by atoms with Gasteiger partial charge in [-0.25, -0.2) is 0 Å². The van der Waals surface area contributed by atoms with Crippen molar-refractivity contribution in [2.75, 3.05) is 0 Å². The maximum absolute atomic E-state index is 2.65. The van der Waals surface area contributed by atoms with Gasteiger partial charge in [-0.3, -0.25) is 0 Å². The number of halogens is 1. The summed E-state index contributed by atoms with van der Waals surface area (Å²) >= 11 is 2.65. The molecule has 1 atom stereocenters. The van der Waals surface area contributed by atoms with Gasteiger partial charge >= 0.3 is 0 Å².